The van der Waals surface area contributed by atoms with Crippen LogP contribution in [0.4, 0.5) is 0 Å². The number of amides is 1. The largest absolute Gasteiger partial charge is 0.360 e. The highest BCUT2D eigenvalue weighted by atomic mass is 32.2. The number of aromatic amines is 1. The van der Waals surface area contributed by atoms with E-state index >= 15 is 0 Å². The van der Waals surface area contributed by atoms with Gasteiger partial charge in [0, 0.05) is 48.8 Å². The van der Waals surface area contributed by atoms with Gasteiger partial charge in [-0.1, -0.05) is 29.8 Å². The number of likely N-dealkylation sites (tertiary alicyclic amines) is 1. The normalized spacial score (nSPS) is 17.2. The van der Waals surface area contributed by atoms with Crippen LogP contribution in [0.1, 0.15) is 40.0 Å². The number of nitrogens with one attached hydrogen (secondary N) is 1. The van der Waals surface area contributed by atoms with Crippen LogP contribution >= 0.6 is 0 Å². The number of carbonyl (C=O) groups excluding carboxylic acids is 1. The summed E-state index contributed by atoms with van der Waals surface area (Å²) in [6, 6.07) is 12.9. The highest BCUT2D eigenvalue weighted by molar-refractivity contribution is 7.90. The Morgan fingerprint density at radius 1 is 1.00 bits per heavy atom. The lowest BCUT2D eigenvalue weighted by molar-refractivity contribution is 0.0745. The van der Waals surface area contributed by atoms with Crippen LogP contribution in [0.25, 0.3) is 16.5 Å². The molecule has 1 N–H and O–H groups in total. The maximum Gasteiger partial charge on any atom is 0.257 e. The van der Waals surface area contributed by atoms with Crippen LogP contribution in [-0.4, -0.2) is 47.3 Å². The van der Waals surface area contributed by atoms with Gasteiger partial charge in [-0.25, -0.2) is 8.42 Å². The van der Waals surface area contributed by atoms with Gasteiger partial charge in [0.05, 0.1) is 27.4 Å². The van der Waals surface area contributed by atoms with Crippen molar-refractivity contribution in [2.75, 3.05) is 13.1 Å². The standard InChI is InChI=1S/C26H22N4O3S/c31-26(21-15-27-14-18-7-11-29-24(18)21)30-12-8-17(9-13-30)23-20-5-2-1-4-19(20)16-34(32,33)22-6-3-10-28-25(22)23/h1-7,10-11,14-15,29H,8-9,12-13,16H2. The first-order valence-corrected chi connectivity index (χ1v) is 12.9. The molecule has 34 heavy (non-hydrogen) atoms. The zero-order chi connectivity index (χ0) is 23.3. The Balaban J connectivity index is 1.39. The van der Waals surface area contributed by atoms with E-state index in [0.717, 1.165) is 33.2 Å². The molecule has 170 valence electrons. The molecular formula is C26H22N4O3S. The third-order valence-electron chi connectivity index (χ3n) is 6.68. The number of H-pyrrole nitrogens is 1. The number of nitrogens with zero attached hydrogens (tertiary/aromatic N) is 3. The summed E-state index contributed by atoms with van der Waals surface area (Å²) in [5.41, 5.74) is 5.60. The summed E-state index contributed by atoms with van der Waals surface area (Å²) < 4.78 is 26.3. The van der Waals surface area contributed by atoms with Crippen molar-refractivity contribution in [2.24, 2.45) is 0 Å². The number of rotatable bonds is 1. The van der Waals surface area contributed by atoms with Crippen LogP contribution in [0.15, 0.2) is 77.7 Å². The van der Waals surface area contributed by atoms with Gasteiger partial charge in [-0.05, 0) is 42.2 Å². The van der Waals surface area contributed by atoms with E-state index in [1.165, 1.54) is 0 Å². The van der Waals surface area contributed by atoms with E-state index in [-0.39, 0.29) is 16.6 Å². The topological polar surface area (TPSA) is 96.0 Å². The molecule has 4 aromatic rings. The van der Waals surface area contributed by atoms with E-state index in [9.17, 15) is 13.2 Å². The molecule has 7 nitrogen and oxygen atoms in total. The van der Waals surface area contributed by atoms with Crippen molar-refractivity contribution in [1.29, 1.82) is 0 Å². The summed E-state index contributed by atoms with van der Waals surface area (Å²) >= 11 is 0. The van der Waals surface area contributed by atoms with Crippen molar-refractivity contribution in [3.63, 3.8) is 0 Å². The van der Waals surface area contributed by atoms with Crippen molar-refractivity contribution in [3.8, 4) is 0 Å². The van der Waals surface area contributed by atoms with Gasteiger partial charge in [0.1, 0.15) is 0 Å². The molecule has 2 aliphatic heterocycles. The van der Waals surface area contributed by atoms with Crippen molar-refractivity contribution in [2.45, 2.75) is 23.5 Å². The molecule has 2 aliphatic rings. The zero-order valence-electron chi connectivity index (χ0n) is 18.4. The minimum Gasteiger partial charge on any atom is -0.360 e. The molecule has 1 amide bonds. The van der Waals surface area contributed by atoms with Crippen molar-refractivity contribution in [3.05, 3.63) is 95.2 Å². The van der Waals surface area contributed by atoms with Gasteiger partial charge in [0.15, 0.2) is 9.84 Å². The maximum absolute atomic E-state index is 13.3. The molecule has 0 aliphatic carbocycles. The van der Waals surface area contributed by atoms with E-state index in [1.54, 1.807) is 30.7 Å². The van der Waals surface area contributed by atoms with Crippen LogP contribution < -0.4 is 0 Å². The fraction of sp³-hybridized carbons (Fsp3) is 0.192. The number of sulfone groups is 1. The molecule has 1 aromatic carbocycles. The van der Waals surface area contributed by atoms with Gasteiger partial charge < -0.3 is 9.88 Å². The van der Waals surface area contributed by atoms with Gasteiger partial charge in [0.2, 0.25) is 0 Å². The van der Waals surface area contributed by atoms with E-state index in [0.29, 0.717) is 37.2 Å². The summed E-state index contributed by atoms with van der Waals surface area (Å²) in [5.74, 6) is -0.0943. The lowest BCUT2D eigenvalue weighted by Gasteiger charge is -2.30. The zero-order valence-corrected chi connectivity index (χ0v) is 19.2. The molecule has 1 fully saturated rings. The quantitative estimate of drug-likeness (QED) is 0.454. The lowest BCUT2D eigenvalue weighted by Crippen LogP contribution is -2.36. The van der Waals surface area contributed by atoms with E-state index in [4.69, 9.17) is 0 Å². The summed E-state index contributed by atoms with van der Waals surface area (Å²) in [7, 11) is -3.51. The highest BCUT2D eigenvalue weighted by Gasteiger charge is 2.32. The van der Waals surface area contributed by atoms with Crippen molar-refractivity contribution >= 4 is 32.2 Å². The molecule has 0 bridgehead atoms. The minimum absolute atomic E-state index is 0.0452. The fourth-order valence-electron chi connectivity index (χ4n) is 5.03. The number of pyridine rings is 2. The van der Waals surface area contributed by atoms with Crippen molar-refractivity contribution < 1.29 is 13.2 Å². The number of benzene rings is 1. The number of piperidine rings is 1. The van der Waals surface area contributed by atoms with Crippen LogP contribution in [0, 0.1) is 0 Å². The average molecular weight is 471 g/mol. The summed E-state index contributed by atoms with van der Waals surface area (Å²) in [6.45, 7) is 1.09. The molecule has 6 rings (SSSR count). The summed E-state index contributed by atoms with van der Waals surface area (Å²) in [6.07, 6.45) is 8.11. The molecular weight excluding hydrogens is 448 g/mol. The predicted molar refractivity (Wildman–Crippen MR) is 129 cm³/mol. The molecule has 0 atom stereocenters. The Hall–Kier alpha value is -3.78. The number of carbonyl (C=O) groups is 1. The van der Waals surface area contributed by atoms with Gasteiger partial charge in [-0.3, -0.25) is 14.8 Å². The first-order chi connectivity index (χ1) is 16.5. The second-order valence-electron chi connectivity index (χ2n) is 8.67. The lowest BCUT2D eigenvalue weighted by atomic mass is 9.88. The Bertz CT molecular complexity index is 1580. The number of fused-ring (bicyclic) bond motifs is 3. The van der Waals surface area contributed by atoms with Crippen LogP contribution in [-0.2, 0) is 15.6 Å². The Kier molecular flexibility index (Phi) is 4.84. The maximum atomic E-state index is 13.3. The highest BCUT2D eigenvalue weighted by Crippen LogP contribution is 2.40. The van der Waals surface area contributed by atoms with Crippen LogP contribution in [0.2, 0.25) is 0 Å². The van der Waals surface area contributed by atoms with E-state index < -0.39 is 9.84 Å². The smallest absolute Gasteiger partial charge is 0.257 e. The molecule has 3 aromatic heterocycles. The predicted octanol–water partition coefficient (Wildman–Crippen LogP) is 3.98. The minimum atomic E-state index is -3.51. The molecule has 5 heterocycles. The second-order valence-corrected chi connectivity index (χ2v) is 10.6. The van der Waals surface area contributed by atoms with E-state index in [2.05, 4.69) is 15.0 Å². The number of hydrogen-bond acceptors (Lipinski definition) is 5. The Labute approximate surface area is 197 Å². The van der Waals surface area contributed by atoms with Crippen LogP contribution in [0.3, 0.4) is 0 Å². The molecule has 8 heteroatoms. The molecule has 0 radical (unpaired) electrons. The molecule has 0 unspecified atom stereocenters. The Morgan fingerprint density at radius 2 is 1.82 bits per heavy atom. The van der Waals surface area contributed by atoms with Gasteiger partial charge in [-0.2, -0.15) is 0 Å². The first kappa shape index (κ1) is 20.8. The number of hydrogen-bond donors (Lipinski definition) is 1. The van der Waals surface area contributed by atoms with Gasteiger partial charge in [-0.15, -0.1) is 0 Å². The van der Waals surface area contributed by atoms with Crippen LogP contribution in [0.5, 0.6) is 0 Å². The third kappa shape index (κ3) is 3.33. The number of aromatic nitrogens is 3. The Morgan fingerprint density at radius 3 is 2.68 bits per heavy atom. The fourth-order valence-corrected chi connectivity index (χ4v) is 6.58. The first-order valence-electron chi connectivity index (χ1n) is 11.2. The SMILES string of the molecule is O=C(c1cncc2cc[nH]c12)N1CCC(=C2c3ccccc3CS(=O)(=O)c3cccnc32)CC1. The summed E-state index contributed by atoms with van der Waals surface area (Å²) in [5, 5.41) is 0.907. The van der Waals surface area contributed by atoms with Gasteiger partial charge in [0.25, 0.3) is 5.91 Å². The average Bonchev–Trinajstić information content (AvgIpc) is 3.31. The molecule has 1 saturated heterocycles. The third-order valence-corrected chi connectivity index (χ3v) is 8.37. The van der Waals surface area contributed by atoms with Crippen molar-refractivity contribution in [1.82, 2.24) is 19.9 Å². The van der Waals surface area contributed by atoms with Gasteiger partial charge >= 0.3 is 0 Å². The second kappa shape index (κ2) is 7.92. The monoisotopic (exact) mass is 470 g/mol. The summed E-state index contributed by atoms with van der Waals surface area (Å²) in [4.78, 5) is 27.3. The molecule has 0 saturated carbocycles. The van der Waals surface area contributed by atoms with E-state index in [1.807, 2.05) is 41.4 Å². The molecule has 0 spiro atoms.